The minimum absolute atomic E-state index is 0.0361. The topological polar surface area (TPSA) is 60.3 Å². The van der Waals surface area contributed by atoms with Crippen LogP contribution in [0, 0.1) is 0 Å². The van der Waals surface area contributed by atoms with Crippen molar-refractivity contribution in [1.82, 2.24) is 0 Å². The number of aliphatic hydroxyl groups excluding tert-OH is 1. The first-order valence-corrected chi connectivity index (χ1v) is 7.47. The van der Waals surface area contributed by atoms with Gasteiger partial charge in [-0.05, 0) is 35.9 Å². The van der Waals surface area contributed by atoms with Crippen molar-refractivity contribution in [2.45, 2.75) is 12.7 Å². The second kappa shape index (κ2) is 7.15. The van der Waals surface area contributed by atoms with Gasteiger partial charge in [0.1, 0.15) is 18.1 Å². The highest BCUT2D eigenvalue weighted by molar-refractivity contribution is 5.96. The number of ether oxygens (including phenoxy) is 3. The lowest BCUT2D eigenvalue weighted by Crippen LogP contribution is -2.22. The molecule has 120 valence electrons. The Morgan fingerprint density at radius 3 is 2.61 bits per heavy atom. The van der Waals surface area contributed by atoms with Crippen molar-refractivity contribution in [3.63, 3.8) is 0 Å². The molecule has 1 aliphatic rings. The highest BCUT2D eigenvalue weighted by Crippen LogP contribution is 2.20. The molecule has 1 N–H and O–H groups in total. The van der Waals surface area contributed by atoms with Crippen LogP contribution < -0.4 is 9.47 Å². The zero-order valence-electron chi connectivity index (χ0n) is 12.9. The fraction of sp³-hybridized carbons (Fsp3) is 0.278. The van der Waals surface area contributed by atoms with Gasteiger partial charge in [0, 0.05) is 5.56 Å². The van der Waals surface area contributed by atoms with Gasteiger partial charge in [0.15, 0.2) is 6.10 Å². The molecule has 0 saturated carbocycles. The number of benzene rings is 2. The first-order chi connectivity index (χ1) is 11.3. The zero-order chi connectivity index (χ0) is 16.1. The number of hydrogen-bond donors (Lipinski definition) is 1. The quantitative estimate of drug-likeness (QED) is 0.890. The summed E-state index contributed by atoms with van der Waals surface area (Å²) in [5.41, 5.74) is 1.64. The summed E-state index contributed by atoms with van der Waals surface area (Å²) in [6, 6.07) is 15.0. The average Bonchev–Trinajstić information content (AvgIpc) is 3.09. The average molecular weight is 313 g/mol. The third kappa shape index (κ3) is 3.63. The van der Waals surface area contributed by atoms with Gasteiger partial charge in [-0.15, -0.1) is 0 Å². The van der Waals surface area contributed by atoms with Gasteiger partial charge in [0.25, 0.3) is 0 Å². The van der Waals surface area contributed by atoms with Crippen LogP contribution in [0.5, 0.6) is 11.5 Å². The van der Waals surface area contributed by atoms with E-state index in [-0.39, 0.29) is 12.7 Å². The summed E-state index contributed by atoms with van der Waals surface area (Å²) in [5.74, 6) is 2.12. The third-order valence-electron chi connectivity index (χ3n) is 3.63. The summed E-state index contributed by atoms with van der Waals surface area (Å²) >= 11 is 0. The molecule has 23 heavy (non-hydrogen) atoms. The molecular weight excluding hydrogens is 294 g/mol. The second-order valence-corrected chi connectivity index (χ2v) is 5.19. The monoisotopic (exact) mass is 313 g/mol. The number of methoxy groups -OCH3 is 1. The van der Waals surface area contributed by atoms with Crippen molar-refractivity contribution in [1.29, 1.82) is 0 Å². The van der Waals surface area contributed by atoms with Crippen LogP contribution in [-0.2, 0) is 11.3 Å². The van der Waals surface area contributed by atoms with Crippen molar-refractivity contribution < 1.29 is 19.3 Å². The summed E-state index contributed by atoms with van der Waals surface area (Å²) in [4.78, 5) is 4.42. The van der Waals surface area contributed by atoms with Crippen LogP contribution in [0.1, 0.15) is 11.1 Å². The maximum atomic E-state index is 9.39. The standard InChI is InChI=1S/C18H19NO4/c1-21-14-6-8-15(9-7-14)22-12-16-10-19-18(23-16)17-5-3-2-4-13(17)11-20/h2-9,16,20H,10-12H2,1H3/t16-/m1/s1. The van der Waals surface area contributed by atoms with Gasteiger partial charge >= 0.3 is 0 Å². The van der Waals surface area contributed by atoms with Crippen LogP contribution in [0.4, 0.5) is 0 Å². The van der Waals surface area contributed by atoms with Crippen LogP contribution >= 0.6 is 0 Å². The molecule has 5 nitrogen and oxygen atoms in total. The smallest absolute Gasteiger partial charge is 0.217 e. The maximum absolute atomic E-state index is 9.39. The molecule has 1 heterocycles. The minimum Gasteiger partial charge on any atom is -0.497 e. The van der Waals surface area contributed by atoms with E-state index < -0.39 is 0 Å². The van der Waals surface area contributed by atoms with Crippen molar-refractivity contribution in [3.8, 4) is 11.5 Å². The lowest BCUT2D eigenvalue weighted by Gasteiger charge is -2.14. The lowest BCUT2D eigenvalue weighted by atomic mass is 10.1. The van der Waals surface area contributed by atoms with E-state index >= 15 is 0 Å². The first kappa shape index (κ1) is 15.4. The van der Waals surface area contributed by atoms with Crippen LogP contribution in [0.3, 0.4) is 0 Å². The van der Waals surface area contributed by atoms with Gasteiger partial charge in [0.05, 0.1) is 20.3 Å². The third-order valence-corrected chi connectivity index (χ3v) is 3.63. The molecule has 0 spiro atoms. The van der Waals surface area contributed by atoms with Crippen LogP contribution in [0.25, 0.3) is 0 Å². The van der Waals surface area contributed by atoms with Gasteiger partial charge in [0.2, 0.25) is 5.90 Å². The minimum atomic E-state index is -0.126. The summed E-state index contributed by atoms with van der Waals surface area (Å²) in [6.45, 7) is 0.928. The molecule has 0 fully saturated rings. The van der Waals surface area contributed by atoms with Crippen molar-refractivity contribution in [2.24, 2.45) is 4.99 Å². The highest BCUT2D eigenvalue weighted by atomic mass is 16.5. The van der Waals surface area contributed by atoms with Crippen molar-refractivity contribution in [3.05, 3.63) is 59.7 Å². The number of aliphatic hydroxyl groups is 1. The molecule has 0 aliphatic carbocycles. The fourth-order valence-electron chi connectivity index (χ4n) is 2.38. The normalized spacial score (nSPS) is 16.6. The molecule has 0 amide bonds. The van der Waals surface area contributed by atoms with E-state index in [9.17, 15) is 5.11 Å². The molecule has 0 unspecified atom stereocenters. The molecule has 2 aromatic carbocycles. The van der Waals surface area contributed by atoms with Crippen molar-refractivity contribution >= 4 is 5.90 Å². The van der Waals surface area contributed by atoms with E-state index in [0.717, 1.165) is 22.6 Å². The summed E-state index contributed by atoms with van der Waals surface area (Å²) in [5, 5.41) is 9.39. The van der Waals surface area contributed by atoms with Gasteiger partial charge < -0.3 is 19.3 Å². The Bertz CT molecular complexity index is 682. The molecule has 0 bridgehead atoms. The Hall–Kier alpha value is -2.53. The van der Waals surface area contributed by atoms with Gasteiger partial charge in [-0.25, -0.2) is 4.99 Å². The highest BCUT2D eigenvalue weighted by Gasteiger charge is 2.23. The molecule has 5 heteroatoms. The van der Waals surface area contributed by atoms with E-state index in [1.165, 1.54) is 0 Å². The Balaban J connectivity index is 1.56. The SMILES string of the molecule is COc1ccc(OC[C@H]2CN=C(c3ccccc3CO)O2)cc1. The van der Waals surface area contributed by atoms with Crippen LogP contribution in [0.15, 0.2) is 53.5 Å². The molecular formula is C18H19NO4. The summed E-state index contributed by atoms with van der Waals surface area (Å²) in [6.07, 6.45) is -0.126. The largest absolute Gasteiger partial charge is 0.497 e. The molecule has 0 saturated heterocycles. The molecule has 0 radical (unpaired) electrons. The second-order valence-electron chi connectivity index (χ2n) is 5.19. The van der Waals surface area contributed by atoms with Crippen LogP contribution in [0.2, 0.25) is 0 Å². The zero-order valence-corrected chi connectivity index (χ0v) is 12.9. The van der Waals surface area contributed by atoms with E-state index in [4.69, 9.17) is 14.2 Å². The molecule has 1 atom stereocenters. The number of aliphatic imine (C=N–C) groups is 1. The molecule has 1 aliphatic heterocycles. The summed E-state index contributed by atoms with van der Waals surface area (Å²) in [7, 11) is 1.63. The van der Waals surface area contributed by atoms with Gasteiger partial charge in [-0.2, -0.15) is 0 Å². The number of rotatable bonds is 6. The Morgan fingerprint density at radius 2 is 1.87 bits per heavy atom. The molecule has 2 aromatic rings. The van der Waals surface area contributed by atoms with E-state index in [1.807, 2.05) is 48.5 Å². The van der Waals surface area contributed by atoms with E-state index in [2.05, 4.69) is 4.99 Å². The van der Waals surface area contributed by atoms with E-state index in [0.29, 0.717) is 19.0 Å². The summed E-state index contributed by atoms with van der Waals surface area (Å²) < 4.78 is 16.7. The Labute approximate surface area is 135 Å². The predicted octanol–water partition coefficient (Wildman–Crippen LogP) is 2.41. The van der Waals surface area contributed by atoms with Gasteiger partial charge in [-0.1, -0.05) is 18.2 Å². The number of nitrogens with zero attached hydrogens (tertiary/aromatic N) is 1. The van der Waals surface area contributed by atoms with Crippen molar-refractivity contribution in [2.75, 3.05) is 20.3 Å². The predicted molar refractivity (Wildman–Crippen MR) is 87.1 cm³/mol. The Kier molecular flexibility index (Phi) is 4.78. The first-order valence-electron chi connectivity index (χ1n) is 7.47. The molecule has 3 rings (SSSR count). The van der Waals surface area contributed by atoms with E-state index in [1.54, 1.807) is 7.11 Å². The lowest BCUT2D eigenvalue weighted by molar-refractivity contribution is 0.143. The van der Waals surface area contributed by atoms with Crippen LogP contribution in [-0.4, -0.2) is 37.4 Å². The fourth-order valence-corrected chi connectivity index (χ4v) is 2.38. The van der Waals surface area contributed by atoms with Gasteiger partial charge in [-0.3, -0.25) is 0 Å². The number of hydrogen-bond acceptors (Lipinski definition) is 5. The maximum Gasteiger partial charge on any atom is 0.217 e. The molecule has 0 aromatic heterocycles. The Morgan fingerprint density at radius 1 is 1.13 bits per heavy atom.